The monoisotopic (exact) mass is 329 g/mol. The van der Waals surface area contributed by atoms with E-state index in [1.807, 2.05) is 49.4 Å². The minimum atomic E-state index is -0.0223. The van der Waals surface area contributed by atoms with E-state index in [0.717, 1.165) is 28.5 Å². The van der Waals surface area contributed by atoms with Gasteiger partial charge in [0, 0.05) is 17.0 Å². The van der Waals surface area contributed by atoms with Gasteiger partial charge in [0.1, 0.15) is 0 Å². The van der Waals surface area contributed by atoms with E-state index in [-0.39, 0.29) is 5.91 Å². The topological polar surface area (TPSA) is 47.6 Å². The van der Waals surface area contributed by atoms with Crippen LogP contribution in [0, 0.1) is 6.92 Å². The fourth-order valence-corrected chi connectivity index (χ4v) is 2.94. The third-order valence-corrected chi connectivity index (χ3v) is 4.42. The Morgan fingerprint density at radius 1 is 1.09 bits per heavy atom. The molecule has 0 aromatic heterocycles. The Hall–Kier alpha value is -2.14. The summed E-state index contributed by atoms with van der Waals surface area (Å²) >= 11 is 1.48. The number of thioether (sulfide) groups is 1. The maximum Gasteiger partial charge on any atom is 0.234 e. The zero-order valence-corrected chi connectivity index (χ0v) is 13.8. The Kier molecular flexibility index (Phi) is 5.08. The lowest BCUT2D eigenvalue weighted by Crippen LogP contribution is -2.13. The number of hydrogen-bond acceptors (Lipinski definition) is 4. The summed E-state index contributed by atoms with van der Waals surface area (Å²) in [6, 6.07) is 13.6. The van der Waals surface area contributed by atoms with E-state index >= 15 is 0 Å². The molecule has 3 rings (SSSR count). The first kappa shape index (κ1) is 15.7. The largest absolute Gasteiger partial charge is 0.490 e. The van der Waals surface area contributed by atoms with E-state index in [4.69, 9.17) is 9.47 Å². The van der Waals surface area contributed by atoms with Gasteiger partial charge >= 0.3 is 0 Å². The van der Waals surface area contributed by atoms with Gasteiger partial charge < -0.3 is 14.8 Å². The summed E-state index contributed by atoms with van der Waals surface area (Å²) in [5, 5.41) is 2.90. The average Bonchev–Trinajstić information content (AvgIpc) is 2.80. The highest BCUT2D eigenvalue weighted by molar-refractivity contribution is 8.00. The summed E-state index contributed by atoms with van der Waals surface area (Å²) in [6.07, 6.45) is 0.885. The van der Waals surface area contributed by atoms with E-state index in [1.54, 1.807) is 0 Å². The molecule has 5 heteroatoms. The smallest absolute Gasteiger partial charge is 0.234 e. The first-order valence-corrected chi connectivity index (χ1v) is 8.58. The molecular formula is C18H19NO3S. The Labute approximate surface area is 140 Å². The molecule has 1 heterocycles. The number of carbonyl (C=O) groups is 1. The van der Waals surface area contributed by atoms with Gasteiger partial charge in [0.05, 0.1) is 19.0 Å². The van der Waals surface area contributed by atoms with Crippen molar-refractivity contribution in [2.24, 2.45) is 0 Å². The third-order valence-electron chi connectivity index (χ3n) is 3.42. The fourth-order valence-electron chi connectivity index (χ4n) is 2.22. The highest BCUT2D eigenvalue weighted by atomic mass is 32.2. The second-order valence-electron chi connectivity index (χ2n) is 5.36. The molecule has 4 nitrogen and oxygen atoms in total. The zero-order chi connectivity index (χ0) is 16.1. The summed E-state index contributed by atoms with van der Waals surface area (Å²) in [4.78, 5) is 13.0. The zero-order valence-electron chi connectivity index (χ0n) is 13.0. The molecule has 1 aliphatic rings. The van der Waals surface area contributed by atoms with Gasteiger partial charge in [-0.15, -0.1) is 11.8 Å². The highest BCUT2D eigenvalue weighted by Crippen LogP contribution is 2.33. The minimum Gasteiger partial charge on any atom is -0.490 e. The molecule has 1 N–H and O–H groups in total. The van der Waals surface area contributed by atoms with Gasteiger partial charge in [-0.05, 0) is 37.3 Å². The number of carbonyl (C=O) groups excluding carboxylic acids is 1. The molecule has 0 fully saturated rings. The van der Waals surface area contributed by atoms with Crippen molar-refractivity contribution in [1.29, 1.82) is 0 Å². The van der Waals surface area contributed by atoms with Gasteiger partial charge in [-0.25, -0.2) is 0 Å². The minimum absolute atomic E-state index is 0.0223. The van der Waals surface area contributed by atoms with E-state index in [1.165, 1.54) is 17.3 Å². The number of anilines is 1. The molecule has 0 radical (unpaired) electrons. The van der Waals surface area contributed by atoms with Crippen LogP contribution in [0.15, 0.2) is 47.4 Å². The lowest BCUT2D eigenvalue weighted by molar-refractivity contribution is -0.113. The number of hydrogen-bond donors (Lipinski definition) is 1. The number of ether oxygens (including phenoxy) is 2. The maximum absolute atomic E-state index is 12.0. The maximum atomic E-state index is 12.0. The molecule has 2 aromatic rings. The van der Waals surface area contributed by atoms with Crippen LogP contribution in [-0.4, -0.2) is 24.9 Å². The first-order valence-electron chi connectivity index (χ1n) is 7.60. The summed E-state index contributed by atoms with van der Waals surface area (Å²) < 4.78 is 11.3. The average molecular weight is 329 g/mol. The Morgan fingerprint density at radius 2 is 1.83 bits per heavy atom. The van der Waals surface area contributed by atoms with Crippen molar-refractivity contribution in [3.8, 4) is 11.5 Å². The van der Waals surface area contributed by atoms with E-state index in [9.17, 15) is 4.79 Å². The molecule has 0 bridgehead atoms. The summed E-state index contributed by atoms with van der Waals surface area (Å²) in [6.45, 7) is 3.36. The number of benzene rings is 2. The molecule has 1 amide bonds. The van der Waals surface area contributed by atoms with Gasteiger partial charge in [-0.1, -0.05) is 17.7 Å². The quantitative estimate of drug-likeness (QED) is 0.865. The summed E-state index contributed by atoms with van der Waals surface area (Å²) in [5.74, 6) is 1.86. The van der Waals surface area contributed by atoms with Crippen molar-refractivity contribution in [2.75, 3.05) is 24.3 Å². The molecule has 120 valence electrons. The molecule has 0 aliphatic carbocycles. The van der Waals surface area contributed by atoms with E-state index in [2.05, 4.69) is 5.32 Å². The Bertz CT molecular complexity index is 685. The molecule has 0 spiro atoms. The molecular weight excluding hydrogens is 310 g/mol. The van der Waals surface area contributed by atoms with Crippen molar-refractivity contribution in [3.05, 3.63) is 48.0 Å². The standard InChI is InChI=1S/C18H19NO3S/c1-13-3-5-14(6-4-13)19-18(20)12-23-15-7-8-16-17(11-15)22-10-2-9-21-16/h3-8,11H,2,9-10,12H2,1H3,(H,19,20). The number of rotatable bonds is 4. The van der Waals surface area contributed by atoms with Gasteiger partial charge in [-0.2, -0.15) is 0 Å². The SMILES string of the molecule is Cc1ccc(NC(=O)CSc2ccc3c(c2)OCCCO3)cc1. The Balaban J connectivity index is 1.56. The molecule has 23 heavy (non-hydrogen) atoms. The number of nitrogens with one attached hydrogen (secondary N) is 1. The lowest BCUT2D eigenvalue weighted by atomic mass is 10.2. The Morgan fingerprint density at radius 3 is 2.61 bits per heavy atom. The normalized spacial score (nSPS) is 13.3. The molecule has 0 saturated carbocycles. The molecule has 0 atom stereocenters. The molecule has 2 aromatic carbocycles. The number of fused-ring (bicyclic) bond motifs is 1. The van der Waals surface area contributed by atoms with Crippen LogP contribution in [0.4, 0.5) is 5.69 Å². The predicted molar refractivity (Wildman–Crippen MR) is 92.6 cm³/mol. The van der Waals surface area contributed by atoms with Gasteiger partial charge in [0.25, 0.3) is 0 Å². The lowest BCUT2D eigenvalue weighted by Gasteiger charge is -2.09. The van der Waals surface area contributed by atoms with E-state index in [0.29, 0.717) is 19.0 Å². The predicted octanol–water partition coefficient (Wildman–Crippen LogP) is 3.89. The van der Waals surface area contributed by atoms with Crippen LogP contribution in [0.2, 0.25) is 0 Å². The number of amides is 1. The van der Waals surface area contributed by atoms with Crippen LogP contribution in [-0.2, 0) is 4.79 Å². The molecule has 0 saturated heterocycles. The summed E-state index contributed by atoms with van der Waals surface area (Å²) in [5.41, 5.74) is 1.99. The number of aryl methyl sites for hydroxylation is 1. The van der Waals surface area contributed by atoms with Crippen LogP contribution < -0.4 is 14.8 Å². The summed E-state index contributed by atoms with van der Waals surface area (Å²) in [7, 11) is 0. The van der Waals surface area contributed by atoms with Crippen LogP contribution >= 0.6 is 11.8 Å². The fraction of sp³-hybridized carbons (Fsp3) is 0.278. The van der Waals surface area contributed by atoms with Gasteiger partial charge in [0.2, 0.25) is 5.91 Å². The molecule has 0 unspecified atom stereocenters. The van der Waals surface area contributed by atoms with Gasteiger partial charge in [0.15, 0.2) is 11.5 Å². The van der Waals surface area contributed by atoms with Crippen molar-refractivity contribution in [3.63, 3.8) is 0 Å². The van der Waals surface area contributed by atoms with Crippen molar-refractivity contribution >= 4 is 23.4 Å². The second-order valence-corrected chi connectivity index (χ2v) is 6.41. The second kappa shape index (κ2) is 7.42. The molecule has 1 aliphatic heterocycles. The van der Waals surface area contributed by atoms with E-state index < -0.39 is 0 Å². The van der Waals surface area contributed by atoms with Crippen molar-refractivity contribution < 1.29 is 14.3 Å². The third kappa shape index (κ3) is 4.42. The van der Waals surface area contributed by atoms with Crippen LogP contribution in [0.25, 0.3) is 0 Å². The van der Waals surface area contributed by atoms with Crippen molar-refractivity contribution in [2.45, 2.75) is 18.2 Å². The van der Waals surface area contributed by atoms with Gasteiger partial charge in [-0.3, -0.25) is 4.79 Å². The van der Waals surface area contributed by atoms with Crippen LogP contribution in [0.5, 0.6) is 11.5 Å². The van der Waals surface area contributed by atoms with Crippen molar-refractivity contribution in [1.82, 2.24) is 0 Å². The van der Waals surface area contributed by atoms with Crippen LogP contribution in [0.3, 0.4) is 0 Å². The highest BCUT2D eigenvalue weighted by Gasteiger charge is 2.11. The first-order chi connectivity index (χ1) is 11.2. The van der Waals surface area contributed by atoms with Crippen LogP contribution in [0.1, 0.15) is 12.0 Å².